The molecule has 3 rings (SSSR count). The van der Waals surface area contributed by atoms with Crippen molar-refractivity contribution in [3.8, 4) is 16.9 Å². The molecule has 1 fully saturated rings. The van der Waals surface area contributed by atoms with E-state index in [1.165, 1.54) is 25.7 Å². The quantitative estimate of drug-likeness (QED) is 0.419. The van der Waals surface area contributed by atoms with Crippen molar-refractivity contribution in [3.63, 3.8) is 0 Å². The molecule has 0 spiro atoms. The van der Waals surface area contributed by atoms with E-state index in [0.29, 0.717) is 23.8 Å². The molecule has 0 bridgehead atoms. The van der Waals surface area contributed by atoms with E-state index in [-0.39, 0.29) is 11.1 Å². The van der Waals surface area contributed by atoms with Crippen LogP contribution in [-0.2, 0) is 0 Å². The van der Waals surface area contributed by atoms with Crippen LogP contribution in [0, 0.1) is 17.7 Å². The first-order valence-corrected chi connectivity index (χ1v) is 11.0. The summed E-state index contributed by atoms with van der Waals surface area (Å²) in [5.41, 5.74) is 0.498. The molecule has 30 heavy (non-hydrogen) atoms. The first kappa shape index (κ1) is 22.5. The van der Waals surface area contributed by atoms with Crippen molar-refractivity contribution in [1.82, 2.24) is 0 Å². The molecule has 1 aliphatic carbocycles. The van der Waals surface area contributed by atoms with Crippen LogP contribution < -0.4 is 4.74 Å². The van der Waals surface area contributed by atoms with Crippen molar-refractivity contribution in [3.05, 3.63) is 59.4 Å². The summed E-state index contributed by atoms with van der Waals surface area (Å²) < 4.78 is 48.0. The Morgan fingerprint density at radius 3 is 2.30 bits per heavy atom. The lowest BCUT2D eigenvalue weighted by Gasteiger charge is -2.26. The topological polar surface area (TPSA) is 9.23 Å². The van der Waals surface area contributed by atoms with Crippen molar-refractivity contribution in [2.24, 2.45) is 11.8 Å². The Hall–Kier alpha value is -2.23. The predicted molar refractivity (Wildman–Crippen MR) is 117 cm³/mol. The number of ether oxygens (including phenoxy) is 1. The fraction of sp³-hybridized carbons (Fsp3) is 0.462. The van der Waals surface area contributed by atoms with E-state index < -0.39 is 17.8 Å². The second-order valence-electron chi connectivity index (χ2n) is 8.12. The minimum Gasteiger partial charge on any atom is -0.494 e. The van der Waals surface area contributed by atoms with Crippen LogP contribution in [0.3, 0.4) is 0 Å². The molecule has 0 N–H and O–H groups in total. The summed E-state index contributed by atoms with van der Waals surface area (Å²) in [6.45, 7) is 4.62. The van der Waals surface area contributed by atoms with Crippen molar-refractivity contribution in [2.75, 3.05) is 6.61 Å². The predicted octanol–water partition coefficient (Wildman–Crippen LogP) is 8.45. The lowest BCUT2D eigenvalue weighted by atomic mass is 9.80. The Morgan fingerprint density at radius 2 is 1.70 bits per heavy atom. The van der Waals surface area contributed by atoms with Crippen molar-refractivity contribution in [1.29, 1.82) is 0 Å². The maximum Gasteiger partial charge on any atom is 0.267 e. The van der Waals surface area contributed by atoms with Crippen molar-refractivity contribution >= 4 is 6.08 Å². The number of allylic oxidation sites excluding steroid dienone is 1. The van der Waals surface area contributed by atoms with Gasteiger partial charge in [-0.3, -0.25) is 0 Å². The SMILES string of the molecule is CCCC1CCC(C=Cc2ccc(-c3ccc(OCC)cc3)c(F)c2C(F)F)CC1. The van der Waals surface area contributed by atoms with E-state index in [4.69, 9.17) is 4.74 Å². The zero-order valence-corrected chi connectivity index (χ0v) is 17.8. The summed E-state index contributed by atoms with van der Waals surface area (Å²) in [5, 5.41) is 0. The maximum atomic E-state index is 15.1. The average molecular weight is 417 g/mol. The van der Waals surface area contributed by atoms with Crippen LogP contribution >= 0.6 is 0 Å². The van der Waals surface area contributed by atoms with Crippen molar-refractivity contribution in [2.45, 2.75) is 58.8 Å². The van der Waals surface area contributed by atoms with Gasteiger partial charge in [-0.05, 0) is 67.7 Å². The minimum absolute atomic E-state index is 0.186. The molecule has 0 unspecified atom stereocenters. The fourth-order valence-corrected chi connectivity index (χ4v) is 4.41. The van der Waals surface area contributed by atoms with Crippen LogP contribution in [0.2, 0.25) is 0 Å². The van der Waals surface area contributed by atoms with Gasteiger partial charge in [0, 0.05) is 5.56 Å². The zero-order chi connectivity index (χ0) is 21.5. The second kappa shape index (κ2) is 10.7. The van der Waals surface area contributed by atoms with Gasteiger partial charge in [0.25, 0.3) is 6.43 Å². The standard InChI is InChI=1S/C26H31F3O/c1-3-5-18-6-8-19(9-7-18)10-11-21-14-17-23(25(27)24(21)26(28)29)20-12-15-22(16-13-20)30-4-2/h10-19,26H,3-9H2,1-2H3. The van der Waals surface area contributed by atoms with Crippen LogP contribution in [0.1, 0.15) is 69.9 Å². The lowest BCUT2D eigenvalue weighted by Crippen LogP contribution is -2.12. The molecule has 0 heterocycles. The second-order valence-corrected chi connectivity index (χ2v) is 8.12. The number of hydrogen-bond acceptors (Lipinski definition) is 1. The van der Waals surface area contributed by atoms with Gasteiger partial charge in [0.15, 0.2) is 0 Å². The smallest absolute Gasteiger partial charge is 0.267 e. The minimum atomic E-state index is -2.87. The highest BCUT2D eigenvalue weighted by Crippen LogP contribution is 2.36. The number of alkyl halides is 2. The lowest BCUT2D eigenvalue weighted by molar-refractivity contribution is 0.146. The van der Waals surface area contributed by atoms with Gasteiger partial charge in [0.05, 0.1) is 12.2 Å². The van der Waals surface area contributed by atoms with E-state index in [2.05, 4.69) is 6.92 Å². The van der Waals surface area contributed by atoms with Gasteiger partial charge >= 0.3 is 0 Å². The molecule has 0 saturated heterocycles. The number of benzene rings is 2. The van der Waals surface area contributed by atoms with Crippen LogP contribution in [0.25, 0.3) is 17.2 Å². The summed E-state index contributed by atoms with van der Waals surface area (Å²) in [4.78, 5) is 0. The Labute approximate surface area is 178 Å². The van der Waals surface area contributed by atoms with Crippen molar-refractivity contribution < 1.29 is 17.9 Å². The molecule has 2 aromatic carbocycles. The zero-order valence-electron chi connectivity index (χ0n) is 17.8. The monoisotopic (exact) mass is 416 g/mol. The number of rotatable bonds is 8. The molecule has 0 aromatic heterocycles. The van der Waals surface area contributed by atoms with E-state index in [1.54, 1.807) is 42.5 Å². The fourth-order valence-electron chi connectivity index (χ4n) is 4.41. The summed E-state index contributed by atoms with van der Waals surface area (Å²) >= 11 is 0. The highest BCUT2D eigenvalue weighted by molar-refractivity contribution is 5.69. The Kier molecular flexibility index (Phi) is 8.01. The van der Waals surface area contributed by atoms with Crippen LogP contribution in [-0.4, -0.2) is 6.61 Å². The normalized spacial score (nSPS) is 19.5. The van der Waals surface area contributed by atoms with Gasteiger partial charge in [0.1, 0.15) is 11.6 Å². The Bertz CT molecular complexity index is 834. The molecule has 2 aromatic rings. The number of hydrogen-bond donors (Lipinski definition) is 0. The molecular weight excluding hydrogens is 385 g/mol. The van der Waals surface area contributed by atoms with Gasteiger partial charge in [-0.1, -0.05) is 56.2 Å². The molecule has 0 radical (unpaired) electrons. The van der Waals surface area contributed by atoms with Gasteiger partial charge in [-0.25, -0.2) is 13.2 Å². The van der Waals surface area contributed by atoms with Gasteiger partial charge in [0.2, 0.25) is 0 Å². The van der Waals surface area contributed by atoms with Gasteiger partial charge in [-0.2, -0.15) is 0 Å². The van der Waals surface area contributed by atoms with E-state index in [0.717, 1.165) is 18.8 Å². The molecule has 4 heteroatoms. The van der Waals surface area contributed by atoms with Crippen LogP contribution in [0.5, 0.6) is 5.75 Å². The summed E-state index contributed by atoms with van der Waals surface area (Å²) in [6.07, 6.45) is 7.85. The number of halogens is 3. The summed E-state index contributed by atoms with van der Waals surface area (Å²) in [6, 6.07) is 10.0. The van der Waals surface area contributed by atoms with Gasteiger partial charge < -0.3 is 4.74 Å². The third-order valence-electron chi connectivity index (χ3n) is 6.04. The molecular formula is C26H31F3O. The molecule has 0 atom stereocenters. The third kappa shape index (κ3) is 5.47. The highest BCUT2D eigenvalue weighted by Gasteiger charge is 2.22. The largest absolute Gasteiger partial charge is 0.494 e. The highest BCUT2D eigenvalue weighted by atomic mass is 19.3. The van der Waals surface area contributed by atoms with Gasteiger partial charge in [-0.15, -0.1) is 0 Å². The first-order chi connectivity index (χ1) is 14.5. The molecule has 1 saturated carbocycles. The Balaban J connectivity index is 1.80. The van der Waals surface area contributed by atoms with E-state index >= 15 is 4.39 Å². The maximum absolute atomic E-state index is 15.1. The molecule has 0 amide bonds. The third-order valence-corrected chi connectivity index (χ3v) is 6.04. The molecule has 162 valence electrons. The average Bonchev–Trinajstić information content (AvgIpc) is 2.74. The van der Waals surface area contributed by atoms with E-state index in [1.807, 2.05) is 13.0 Å². The molecule has 1 aliphatic rings. The van der Waals surface area contributed by atoms with Crippen LogP contribution in [0.15, 0.2) is 42.5 Å². The summed E-state index contributed by atoms with van der Waals surface area (Å²) in [7, 11) is 0. The van der Waals surface area contributed by atoms with E-state index in [9.17, 15) is 8.78 Å². The van der Waals surface area contributed by atoms with Crippen LogP contribution in [0.4, 0.5) is 13.2 Å². The molecule has 1 nitrogen and oxygen atoms in total. The molecule has 0 aliphatic heterocycles. The Morgan fingerprint density at radius 1 is 1.00 bits per heavy atom. The first-order valence-electron chi connectivity index (χ1n) is 11.0. The summed E-state index contributed by atoms with van der Waals surface area (Å²) in [5.74, 6) is 1.01.